The molecule has 6 heteroatoms. The molecule has 22 heavy (non-hydrogen) atoms. The predicted octanol–water partition coefficient (Wildman–Crippen LogP) is 2.32. The zero-order valence-electron chi connectivity index (χ0n) is 12.0. The van der Waals surface area contributed by atoms with Gasteiger partial charge in [-0.25, -0.2) is 0 Å². The second-order valence-electron chi connectivity index (χ2n) is 4.81. The fourth-order valence-electron chi connectivity index (χ4n) is 2.27. The molecule has 0 spiro atoms. The van der Waals surface area contributed by atoms with Gasteiger partial charge in [0, 0.05) is 22.2 Å². The number of nitrogens with one attached hydrogen (secondary N) is 2. The summed E-state index contributed by atoms with van der Waals surface area (Å²) in [6.45, 7) is -0.159. The Morgan fingerprint density at radius 1 is 1.32 bits per heavy atom. The van der Waals surface area contributed by atoms with E-state index >= 15 is 0 Å². The second kappa shape index (κ2) is 5.87. The van der Waals surface area contributed by atoms with Crippen LogP contribution in [-0.2, 0) is 6.61 Å². The van der Waals surface area contributed by atoms with Gasteiger partial charge in [-0.2, -0.15) is 5.10 Å². The van der Waals surface area contributed by atoms with Crippen molar-refractivity contribution in [2.75, 3.05) is 12.4 Å². The molecule has 0 bridgehead atoms. The zero-order valence-corrected chi connectivity index (χ0v) is 12.0. The number of fused-ring (bicyclic) bond motifs is 1. The number of hydrogen-bond acceptors (Lipinski definition) is 4. The van der Waals surface area contributed by atoms with E-state index in [1.807, 2.05) is 6.07 Å². The number of aromatic amines is 1. The summed E-state index contributed by atoms with van der Waals surface area (Å²) in [5, 5.41) is 19.8. The largest absolute Gasteiger partial charge is 0.496 e. The lowest BCUT2D eigenvalue weighted by Crippen LogP contribution is -2.12. The lowest BCUT2D eigenvalue weighted by atomic mass is 10.1. The molecule has 6 nitrogen and oxygen atoms in total. The quantitative estimate of drug-likeness (QED) is 0.689. The molecule has 0 saturated carbocycles. The minimum Gasteiger partial charge on any atom is -0.496 e. The van der Waals surface area contributed by atoms with Crippen LogP contribution in [0.2, 0.25) is 0 Å². The number of hydrogen-bond donors (Lipinski definition) is 3. The molecule has 112 valence electrons. The molecule has 1 aromatic heterocycles. The summed E-state index contributed by atoms with van der Waals surface area (Å²) in [6.07, 6.45) is 1.67. The van der Waals surface area contributed by atoms with Gasteiger partial charge in [0.25, 0.3) is 5.91 Å². The van der Waals surface area contributed by atoms with Crippen molar-refractivity contribution in [1.82, 2.24) is 10.2 Å². The first-order chi connectivity index (χ1) is 10.7. The molecule has 0 saturated heterocycles. The summed E-state index contributed by atoms with van der Waals surface area (Å²) in [5.74, 6) is 0.359. The third-order valence-electron chi connectivity index (χ3n) is 3.41. The Kier molecular flexibility index (Phi) is 3.76. The van der Waals surface area contributed by atoms with Crippen molar-refractivity contribution in [3.8, 4) is 5.75 Å². The van der Waals surface area contributed by atoms with Gasteiger partial charge in [-0.15, -0.1) is 0 Å². The molecule has 0 aliphatic heterocycles. The first-order valence-corrected chi connectivity index (χ1v) is 6.73. The molecule has 3 N–H and O–H groups in total. The van der Waals surface area contributed by atoms with Crippen LogP contribution in [0.5, 0.6) is 5.75 Å². The Labute approximate surface area is 126 Å². The van der Waals surface area contributed by atoms with Gasteiger partial charge in [-0.3, -0.25) is 9.89 Å². The van der Waals surface area contributed by atoms with Gasteiger partial charge in [0.15, 0.2) is 0 Å². The first kappa shape index (κ1) is 14.1. The molecule has 3 rings (SSSR count). The van der Waals surface area contributed by atoms with Gasteiger partial charge in [0.1, 0.15) is 5.75 Å². The molecule has 0 atom stereocenters. The van der Waals surface area contributed by atoms with Crippen LogP contribution < -0.4 is 10.1 Å². The summed E-state index contributed by atoms with van der Waals surface area (Å²) in [5.41, 5.74) is 2.63. The molecule has 0 fully saturated rings. The lowest BCUT2D eigenvalue weighted by molar-refractivity contribution is 0.102. The fraction of sp³-hybridized carbons (Fsp3) is 0.125. The molecule has 0 aliphatic rings. The number of nitrogens with zero attached hydrogens (tertiary/aromatic N) is 1. The summed E-state index contributed by atoms with van der Waals surface area (Å²) >= 11 is 0. The predicted molar refractivity (Wildman–Crippen MR) is 83.0 cm³/mol. The molecule has 0 unspecified atom stereocenters. The van der Waals surface area contributed by atoms with Crippen LogP contribution in [0.4, 0.5) is 5.69 Å². The Morgan fingerprint density at radius 2 is 2.18 bits per heavy atom. The third-order valence-corrected chi connectivity index (χ3v) is 3.41. The summed E-state index contributed by atoms with van der Waals surface area (Å²) < 4.78 is 5.14. The highest BCUT2D eigenvalue weighted by molar-refractivity contribution is 6.06. The number of benzene rings is 2. The number of carbonyl (C=O) groups is 1. The number of aromatic nitrogens is 2. The number of aliphatic hydroxyl groups excluding tert-OH is 1. The molecule has 0 aliphatic carbocycles. The molecule has 1 amide bonds. The lowest BCUT2D eigenvalue weighted by Gasteiger charge is -2.10. The van der Waals surface area contributed by atoms with Crippen LogP contribution in [0.1, 0.15) is 15.9 Å². The number of methoxy groups -OCH3 is 1. The summed E-state index contributed by atoms with van der Waals surface area (Å²) in [7, 11) is 1.53. The standard InChI is InChI=1S/C16H15N3O3/c1-22-15-5-3-13(7-12(15)9-20)18-16(21)10-2-4-14-11(6-10)8-17-19-14/h2-8,20H,9H2,1H3,(H,17,19)(H,18,21). The Morgan fingerprint density at radius 3 is 2.95 bits per heavy atom. The van der Waals surface area contributed by atoms with Crippen molar-refractivity contribution >= 4 is 22.5 Å². The van der Waals surface area contributed by atoms with Gasteiger partial charge in [-0.05, 0) is 36.4 Å². The van der Waals surface area contributed by atoms with E-state index in [0.717, 1.165) is 10.9 Å². The number of aliphatic hydroxyl groups is 1. The van der Waals surface area contributed by atoms with Gasteiger partial charge in [0.2, 0.25) is 0 Å². The first-order valence-electron chi connectivity index (χ1n) is 6.73. The number of carbonyl (C=O) groups excluding carboxylic acids is 1. The van der Waals surface area contributed by atoms with Crippen molar-refractivity contribution < 1.29 is 14.6 Å². The molecular weight excluding hydrogens is 282 g/mol. The highest BCUT2D eigenvalue weighted by atomic mass is 16.5. The molecule has 3 aromatic rings. The van der Waals surface area contributed by atoms with Gasteiger partial charge < -0.3 is 15.2 Å². The average Bonchev–Trinajstić information content (AvgIpc) is 3.02. The van der Waals surface area contributed by atoms with Crippen molar-refractivity contribution in [2.45, 2.75) is 6.61 Å². The fourth-order valence-corrected chi connectivity index (χ4v) is 2.27. The topological polar surface area (TPSA) is 87.2 Å². The van der Waals surface area contributed by atoms with E-state index in [0.29, 0.717) is 22.6 Å². The number of anilines is 1. The molecule has 2 aromatic carbocycles. The number of amides is 1. The number of H-pyrrole nitrogens is 1. The van der Waals surface area contributed by atoms with Gasteiger partial charge in [-0.1, -0.05) is 0 Å². The SMILES string of the molecule is COc1ccc(NC(=O)c2ccc3[nH]ncc3c2)cc1CO. The number of rotatable bonds is 4. The van der Waals surface area contributed by atoms with Crippen LogP contribution in [0.3, 0.4) is 0 Å². The van der Waals surface area contributed by atoms with Crippen LogP contribution >= 0.6 is 0 Å². The van der Waals surface area contributed by atoms with E-state index in [4.69, 9.17) is 4.74 Å². The summed E-state index contributed by atoms with van der Waals surface area (Å²) in [6, 6.07) is 10.4. The van der Waals surface area contributed by atoms with E-state index in [1.165, 1.54) is 7.11 Å². The van der Waals surface area contributed by atoms with Crippen molar-refractivity contribution in [1.29, 1.82) is 0 Å². The number of ether oxygens (including phenoxy) is 1. The average molecular weight is 297 g/mol. The van der Waals surface area contributed by atoms with Gasteiger partial charge in [0.05, 0.1) is 25.4 Å². The maximum Gasteiger partial charge on any atom is 0.255 e. The highest BCUT2D eigenvalue weighted by Crippen LogP contribution is 2.23. The van der Waals surface area contributed by atoms with E-state index in [-0.39, 0.29) is 12.5 Å². The molecular formula is C16H15N3O3. The van der Waals surface area contributed by atoms with Crippen LogP contribution in [0.25, 0.3) is 10.9 Å². The van der Waals surface area contributed by atoms with Gasteiger partial charge >= 0.3 is 0 Å². The molecule has 0 radical (unpaired) electrons. The minimum absolute atomic E-state index is 0.159. The molecule has 1 heterocycles. The van der Waals surface area contributed by atoms with Crippen LogP contribution in [0.15, 0.2) is 42.6 Å². The zero-order chi connectivity index (χ0) is 15.5. The maximum atomic E-state index is 12.3. The second-order valence-corrected chi connectivity index (χ2v) is 4.81. The van der Waals surface area contributed by atoms with E-state index in [2.05, 4.69) is 15.5 Å². The van der Waals surface area contributed by atoms with Crippen molar-refractivity contribution in [3.63, 3.8) is 0 Å². The van der Waals surface area contributed by atoms with E-state index in [9.17, 15) is 9.90 Å². The van der Waals surface area contributed by atoms with Crippen LogP contribution in [-0.4, -0.2) is 28.3 Å². The Balaban J connectivity index is 1.84. The monoisotopic (exact) mass is 297 g/mol. The third kappa shape index (κ3) is 2.64. The Bertz CT molecular complexity index is 826. The minimum atomic E-state index is -0.225. The van der Waals surface area contributed by atoms with Crippen molar-refractivity contribution in [2.24, 2.45) is 0 Å². The normalized spacial score (nSPS) is 10.6. The summed E-state index contributed by atoms with van der Waals surface area (Å²) in [4.78, 5) is 12.3. The maximum absolute atomic E-state index is 12.3. The van der Waals surface area contributed by atoms with Crippen LogP contribution in [0, 0.1) is 0 Å². The van der Waals surface area contributed by atoms with E-state index < -0.39 is 0 Å². The Hall–Kier alpha value is -2.86. The smallest absolute Gasteiger partial charge is 0.255 e. The van der Waals surface area contributed by atoms with Crippen molar-refractivity contribution in [3.05, 3.63) is 53.7 Å². The highest BCUT2D eigenvalue weighted by Gasteiger charge is 2.09. The van der Waals surface area contributed by atoms with E-state index in [1.54, 1.807) is 36.5 Å².